The Kier molecular flexibility index (Phi) is 28.3. The van der Waals surface area contributed by atoms with Gasteiger partial charge in [0, 0.05) is 95.0 Å². The fraction of sp³-hybridized carbons (Fsp3) is 0.775. The summed E-state index contributed by atoms with van der Waals surface area (Å²) in [4.78, 5) is 110. The molecule has 15 nitrogen and oxygen atoms in total. The Balaban J connectivity index is 5.35. The molecule has 0 heterocycles. The standard InChI is InChI=1S/C40H70N6O9/c1-27(47)11-14-32(22-30(4)50)19-21-44-37(52)18-17-36(46-39(54)25-34(42-7)16-13-29(3)49)26-40(55)45-35(23-31(5)51)10-8-9-20-43-38(53)24-33(41-6)15-12-28(2)48/h32-36,41-42H,8-26H2,1-7H3,(H,43,53)(H,44,52)(H,45,55)(H,46,54). The van der Waals surface area contributed by atoms with E-state index in [0.717, 1.165) is 0 Å². The van der Waals surface area contributed by atoms with Crippen molar-refractivity contribution in [2.45, 2.75) is 168 Å². The van der Waals surface area contributed by atoms with Gasteiger partial charge < -0.3 is 51.1 Å². The highest BCUT2D eigenvalue weighted by Gasteiger charge is 2.23. The lowest BCUT2D eigenvalue weighted by atomic mass is 9.93. The summed E-state index contributed by atoms with van der Waals surface area (Å²) in [7, 11) is 3.46. The van der Waals surface area contributed by atoms with Gasteiger partial charge in [0.2, 0.25) is 23.6 Å². The van der Waals surface area contributed by atoms with Crippen LogP contribution >= 0.6 is 0 Å². The van der Waals surface area contributed by atoms with Gasteiger partial charge in [0.25, 0.3) is 0 Å². The summed E-state index contributed by atoms with van der Waals surface area (Å²) >= 11 is 0. The maximum Gasteiger partial charge on any atom is 0.222 e. The van der Waals surface area contributed by atoms with Crippen molar-refractivity contribution in [2.75, 3.05) is 27.2 Å². The van der Waals surface area contributed by atoms with Crippen LogP contribution in [0.3, 0.4) is 0 Å². The lowest BCUT2D eigenvalue weighted by molar-refractivity contribution is -0.126. The van der Waals surface area contributed by atoms with Gasteiger partial charge >= 0.3 is 0 Å². The number of hydrogen-bond acceptors (Lipinski definition) is 11. The predicted octanol–water partition coefficient (Wildman–Crippen LogP) is 2.56. The molecule has 4 amide bonds. The Morgan fingerprint density at radius 3 is 1.31 bits per heavy atom. The van der Waals surface area contributed by atoms with Crippen LogP contribution < -0.4 is 31.9 Å². The first-order chi connectivity index (χ1) is 25.9. The topological polar surface area (TPSA) is 226 Å². The van der Waals surface area contributed by atoms with Crippen molar-refractivity contribution in [1.29, 1.82) is 0 Å². The highest BCUT2D eigenvalue weighted by molar-refractivity contribution is 5.82. The molecule has 0 fully saturated rings. The van der Waals surface area contributed by atoms with E-state index < -0.39 is 12.1 Å². The second-order valence-electron chi connectivity index (χ2n) is 15.0. The normalized spacial score (nSPS) is 13.7. The molecular formula is C40H70N6O9. The molecule has 55 heavy (non-hydrogen) atoms. The molecule has 0 bridgehead atoms. The van der Waals surface area contributed by atoms with Crippen molar-refractivity contribution in [3.8, 4) is 0 Å². The van der Waals surface area contributed by atoms with Crippen LogP contribution in [0.25, 0.3) is 0 Å². The summed E-state index contributed by atoms with van der Waals surface area (Å²) in [6.45, 7) is 8.20. The summed E-state index contributed by atoms with van der Waals surface area (Å²) in [5, 5.41) is 17.7. The van der Waals surface area contributed by atoms with Crippen molar-refractivity contribution in [3.05, 3.63) is 0 Å². The van der Waals surface area contributed by atoms with Crippen molar-refractivity contribution in [2.24, 2.45) is 5.92 Å². The van der Waals surface area contributed by atoms with Gasteiger partial charge in [-0.3, -0.25) is 24.0 Å². The number of nitrogens with one attached hydrogen (secondary N) is 6. The first kappa shape index (κ1) is 51.1. The van der Waals surface area contributed by atoms with Gasteiger partial charge in [-0.1, -0.05) is 0 Å². The maximum absolute atomic E-state index is 13.3. The molecule has 0 spiro atoms. The number of rotatable bonds is 34. The molecule has 0 aliphatic heterocycles. The third kappa shape index (κ3) is 30.1. The van der Waals surface area contributed by atoms with Gasteiger partial charge in [-0.2, -0.15) is 0 Å². The molecule has 0 saturated heterocycles. The van der Waals surface area contributed by atoms with Crippen molar-refractivity contribution in [1.82, 2.24) is 31.9 Å². The monoisotopic (exact) mass is 779 g/mol. The molecule has 5 atom stereocenters. The molecule has 0 radical (unpaired) electrons. The number of ketones is 5. The van der Waals surface area contributed by atoms with Crippen molar-refractivity contribution >= 4 is 52.5 Å². The minimum Gasteiger partial charge on any atom is -0.356 e. The fourth-order valence-electron chi connectivity index (χ4n) is 6.28. The third-order valence-electron chi connectivity index (χ3n) is 9.44. The molecule has 0 rings (SSSR count). The summed E-state index contributed by atoms with van der Waals surface area (Å²) in [6, 6.07) is -1.49. The lowest BCUT2D eigenvalue weighted by Gasteiger charge is -2.23. The second-order valence-corrected chi connectivity index (χ2v) is 15.0. The van der Waals surface area contributed by atoms with Crippen LogP contribution in [0.1, 0.15) is 144 Å². The van der Waals surface area contributed by atoms with Crippen molar-refractivity contribution in [3.63, 3.8) is 0 Å². The molecule has 0 aromatic carbocycles. The van der Waals surface area contributed by atoms with E-state index in [2.05, 4.69) is 31.9 Å². The number of carbonyl (C=O) groups is 9. The largest absolute Gasteiger partial charge is 0.356 e. The maximum atomic E-state index is 13.3. The van der Waals surface area contributed by atoms with Crippen LogP contribution in [0.4, 0.5) is 0 Å². The summed E-state index contributed by atoms with van der Waals surface area (Å²) in [5.74, 6) is -1.09. The van der Waals surface area contributed by atoms with Gasteiger partial charge in [0.1, 0.15) is 28.9 Å². The average molecular weight is 779 g/mol. The van der Waals surface area contributed by atoms with E-state index in [9.17, 15) is 43.2 Å². The molecule has 0 saturated carbocycles. The smallest absolute Gasteiger partial charge is 0.222 e. The zero-order valence-electron chi connectivity index (χ0n) is 34.5. The van der Waals surface area contributed by atoms with E-state index in [0.29, 0.717) is 83.7 Å². The highest BCUT2D eigenvalue weighted by atomic mass is 16.2. The molecule has 314 valence electrons. The molecule has 0 aliphatic carbocycles. The van der Waals surface area contributed by atoms with Gasteiger partial charge in [-0.05, 0) is 106 Å². The fourth-order valence-corrected chi connectivity index (χ4v) is 6.28. The van der Waals surface area contributed by atoms with Crippen LogP contribution in [0.5, 0.6) is 0 Å². The SMILES string of the molecule is CNC(CCC(C)=O)CC(=O)NCCCCC(CC(C)=O)NC(=O)CC(CCC(=O)NCCC(CCC(C)=O)CC(C)=O)NC(=O)CC(CCC(C)=O)NC. The average Bonchev–Trinajstić information content (AvgIpc) is 3.08. The first-order valence-corrected chi connectivity index (χ1v) is 19.9. The van der Waals surface area contributed by atoms with E-state index in [4.69, 9.17) is 0 Å². The molecule has 0 aromatic heterocycles. The van der Waals surface area contributed by atoms with Crippen LogP contribution in [0, 0.1) is 5.92 Å². The Labute approximate surface area is 328 Å². The summed E-state index contributed by atoms with van der Waals surface area (Å²) in [5.41, 5.74) is 0. The second kappa shape index (κ2) is 30.4. The molecule has 15 heteroatoms. The zero-order valence-corrected chi connectivity index (χ0v) is 34.5. The molecule has 0 aliphatic rings. The third-order valence-corrected chi connectivity index (χ3v) is 9.44. The lowest BCUT2D eigenvalue weighted by Crippen LogP contribution is -2.44. The van der Waals surface area contributed by atoms with E-state index in [1.54, 1.807) is 14.1 Å². The quantitative estimate of drug-likeness (QED) is 0.0521. The van der Waals surface area contributed by atoms with E-state index in [-0.39, 0.29) is 109 Å². The Hall–Kier alpha value is -3.85. The number of Topliss-reactive ketones (excluding diaryl/α,β-unsaturated/α-hetero) is 5. The van der Waals surface area contributed by atoms with Gasteiger partial charge in [-0.25, -0.2) is 0 Å². The number of hydrogen-bond donors (Lipinski definition) is 6. The Morgan fingerprint density at radius 2 is 0.818 bits per heavy atom. The van der Waals surface area contributed by atoms with Crippen LogP contribution in [-0.2, 0) is 43.2 Å². The zero-order chi connectivity index (χ0) is 41.8. The van der Waals surface area contributed by atoms with Crippen LogP contribution in [0.2, 0.25) is 0 Å². The minimum absolute atomic E-state index is 0.0117. The minimum atomic E-state index is -0.685. The number of unbranched alkanes of at least 4 members (excludes halogenated alkanes) is 1. The predicted molar refractivity (Wildman–Crippen MR) is 211 cm³/mol. The Bertz CT molecular complexity index is 1260. The molecule has 6 N–H and O–H groups in total. The van der Waals surface area contributed by atoms with Gasteiger partial charge in [0.15, 0.2) is 0 Å². The summed E-state index contributed by atoms with van der Waals surface area (Å²) < 4.78 is 0. The molecular weight excluding hydrogens is 708 g/mol. The van der Waals surface area contributed by atoms with E-state index in [1.165, 1.54) is 34.6 Å². The molecule has 5 unspecified atom stereocenters. The van der Waals surface area contributed by atoms with E-state index >= 15 is 0 Å². The summed E-state index contributed by atoms with van der Waals surface area (Å²) in [6.07, 6.45) is 5.84. The highest BCUT2D eigenvalue weighted by Crippen LogP contribution is 2.16. The number of amides is 4. The van der Waals surface area contributed by atoms with Gasteiger partial charge in [0.05, 0.1) is 0 Å². The van der Waals surface area contributed by atoms with Crippen LogP contribution in [0.15, 0.2) is 0 Å². The van der Waals surface area contributed by atoms with Gasteiger partial charge in [-0.15, -0.1) is 0 Å². The van der Waals surface area contributed by atoms with Crippen LogP contribution in [-0.4, -0.2) is 104 Å². The Morgan fingerprint density at radius 1 is 0.382 bits per heavy atom. The first-order valence-electron chi connectivity index (χ1n) is 19.9. The van der Waals surface area contributed by atoms with Crippen molar-refractivity contribution < 1.29 is 43.2 Å². The molecule has 0 aromatic rings. The van der Waals surface area contributed by atoms with E-state index in [1.807, 2.05) is 0 Å². The number of carbonyl (C=O) groups excluding carboxylic acids is 9.